The molecule has 138 valence electrons. The van der Waals surface area contributed by atoms with E-state index in [1.54, 1.807) is 6.20 Å². The topological polar surface area (TPSA) is 54.3 Å². The largest absolute Gasteiger partial charge is 0.353 e. The van der Waals surface area contributed by atoms with E-state index in [0.29, 0.717) is 13.1 Å². The number of aromatic nitrogens is 3. The molecule has 0 atom stereocenters. The first-order valence-electron chi connectivity index (χ1n) is 9.18. The molecule has 0 aliphatic carbocycles. The van der Waals surface area contributed by atoms with E-state index in [4.69, 9.17) is 4.98 Å². The molecule has 6 nitrogen and oxygen atoms in total. The Morgan fingerprint density at radius 3 is 2.37 bits per heavy atom. The molecule has 0 saturated carbocycles. The lowest BCUT2D eigenvalue weighted by Gasteiger charge is -2.35. The van der Waals surface area contributed by atoms with Crippen LogP contribution in [0, 0.1) is 6.92 Å². The molecule has 1 fully saturated rings. The fraction of sp³-hybridized carbons (Fsp3) is 0.286. The second-order valence-corrected chi connectivity index (χ2v) is 6.80. The minimum atomic E-state index is 0.0953. The Hall–Kier alpha value is -3.15. The average Bonchev–Trinajstić information content (AvgIpc) is 3.07. The Bertz CT molecular complexity index is 942. The van der Waals surface area contributed by atoms with Gasteiger partial charge in [-0.05, 0) is 25.1 Å². The van der Waals surface area contributed by atoms with Crippen molar-refractivity contribution in [1.29, 1.82) is 0 Å². The van der Waals surface area contributed by atoms with Crippen molar-refractivity contribution in [2.24, 2.45) is 7.05 Å². The molecule has 3 heterocycles. The quantitative estimate of drug-likeness (QED) is 0.720. The van der Waals surface area contributed by atoms with Gasteiger partial charge in [0, 0.05) is 50.7 Å². The Kier molecular flexibility index (Phi) is 4.62. The molecule has 1 aliphatic heterocycles. The van der Waals surface area contributed by atoms with Crippen LogP contribution in [0.2, 0.25) is 0 Å². The third kappa shape index (κ3) is 3.43. The number of aryl methyl sites for hydroxylation is 1. The van der Waals surface area contributed by atoms with E-state index >= 15 is 0 Å². The highest BCUT2D eigenvalue weighted by atomic mass is 16.2. The van der Waals surface area contributed by atoms with Crippen LogP contribution in [0.3, 0.4) is 0 Å². The van der Waals surface area contributed by atoms with Crippen molar-refractivity contribution >= 4 is 11.7 Å². The molecule has 1 aromatic carbocycles. The Morgan fingerprint density at radius 2 is 1.70 bits per heavy atom. The van der Waals surface area contributed by atoms with E-state index in [1.165, 1.54) is 0 Å². The second-order valence-electron chi connectivity index (χ2n) is 6.80. The molecule has 27 heavy (non-hydrogen) atoms. The fourth-order valence-electron chi connectivity index (χ4n) is 3.38. The smallest absolute Gasteiger partial charge is 0.270 e. The molecule has 4 rings (SSSR count). The first-order chi connectivity index (χ1) is 13.1. The molecule has 1 aliphatic rings. The van der Waals surface area contributed by atoms with Crippen LogP contribution in [0.25, 0.3) is 11.4 Å². The molecule has 0 unspecified atom stereocenters. The van der Waals surface area contributed by atoms with Gasteiger partial charge in [-0.3, -0.25) is 4.79 Å². The molecule has 1 amide bonds. The van der Waals surface area contributed by atoms with Gasteiger partial charge in [0.25, 0.3) is 5.91 Å². The molecular weight excluding hydrogens is 338 g/mol. The van der Waals surface area contributed by atoms with Crippen molar-refractivity contribution in [2.45, 2.75) is 6.92 Å². The van der Waals surface area contributed by atoms with Crippen LogP contribution in [0.15, 0.2) is 54.7 Å². The molecule has 1 saturated heterocycles. The van der Waals surface area contributed by atoms with Gasteiger partial charge in [-0.15, -0.1) is 0 Å². The van der Waals surface area contributed by atoms with Gasteiger partial charge in [0.15, 0.2) is 5.82 Å². The highest BCUT2D eigenvalue weighted by Gasteiger charge is 2.24. The minimum absolute atomic E-state index is 0.0953. The summed E-state index contributed by atoms with van der Waals surface area (Å²) < 4.78 is 1.95. The maximum absolute atomic E-state index is 12.8. The number of carbonyl (C=O) groups excluding carboxylic acids is 1. The van der Waals surface area contributed by atoms with Crippen molar-refractivity contribution in [3.8, 4) is 11.4 Å². The molecule has 6 heteroatoms. The van der Waals surface area contributed by atoms with Crippen molar-refractivity contribution in [1.82, 2.24) is 19.4 Å². The maximum Gasteiger partial charge on any atom is 0.270 e. The number of amides is 1. The molecule has 0 bridgehead atoms. The van der Waals surface area contributed by atoms with Crippen molar-refractivity contribution in [3.63, 3.8) is 0 Å². The Labute approximate surface area is 159 Å². The SMILES string of the molecule is Cc1ccc(C(=O)N2CCN(c3ccnc(-c4ccccc4)n3)CC2)n1C. The van der Waals surface area contributed by atoms with E-state index in [2.05, 4.69) is 9.88 Å². The van der Waals surface area contributed by atoms with Crippen LogP contribution in [0.5, 0.6) is 0 Å². The number of hydrogen-bond donors (Lipinski definition) is 0. The number of hydrogen-bond acceptors (Lipinski definition) is 4. The molecule has 0 N–H and O–H groups in total. The van der Waals surface area contributed by atoms with E-state index in [-0.39, 0.29) is 5.91 Å². The fourth-order valence-corrected chi connectivity index (χ4v) is 3.38. The van der Waals surface area contributed by atoms with Crippen molar-refractivity contribution in [2.75, 3.05) is 31.1 Å². The van der Waals surface area contributed by atoms with E-state index < -0.39 is 0 Å². The first kappa shape index (κ1) is 17.3. The van der Waals surface area contributed by atoms with Crippen LogP contribution in [0.4, 0.5) is 5.82 Å². The zero-order valence-electron chi connectivity index (χ0n) is 15.7. The normalized spacial score (nSPS) is 14.4. The number of rotatable bonds is 3. The zero-order chi connectivity index (χ0) is 18.8. The van der Waals surface area contributed by atoms with Crippen LogP contribution in [0.1, 0.15) is 16.2 Å². The van der Waals surface area contributed by atoms with Gasteiger partial charge >= 0.3 is 0 Å². The summed E-state index contributed by atoms with van der Waals surface area (Å²) in [6, 6.07) is 15.8. The number of anilines is 1. The Morgan fingerprint density at radius 1 is 0.963 bits per heavy atom. The van der Waals surface area contributed by atoms with E-state index in [9.17, 15) is 4.79 Å². The third-order valence-electron chi connectivity index (χ3n) is 5.16. The lowest BCUT2D eigenvalue weighted by molar-refractivity contribution is 0.0736. The summed E-state index contributed by atoms with van der Waals surface area (Å²) in [6.45, 7) is 4.91. The molecule has 0 spiro atoms. The summed E-state index contributed by atoms with van der Waals surface area (Å²) in [7, 11) is 1.94. The van der Waals surface area contributed by atoms with Gasteiger partial charge in [0.2, 0.25) is 0 Å². The Balaban J connectivity index is 1.45. The third-order valence-corrected chi connectivity index (χ3v) is 5.16. The van der Waals surface area contributed by atoms with Crippen LogP contribution in [-0.4, -0.2) is 51.5 Å². The van der Waals surface area contributed by atoms with Crippen LogP contribution >= 0.6 is 0 Å². The van der Waals surface area contributed by atoms with Gasteiger partial charge in [-0.2, -0.15) is 0 Å². The highest BCUT2D eigenvalue weighted by Crippen LogP contribution is 2.20. The predicted molar refractivity (Wildman–Crippen MR) is 106 cm³/mol. The summed E-state index contributed by atoms with van der Waals surface area (Å²) in [4.78, 5) is 26.0. The summed E-state index contributed by atoms with van der Waals surface area (Å²) >= 11 is 0. The highest BCUT2D eigenvalue weighted by molar-refractivity contribution is 5.93. The predicted octanol–water partition coefficient (Wildman–Crippen LogP) is 2.75. The van der Waals surface area contributed by atoms with Gasteiger partial charge in [0.1, 0.15) is 11.5 Å². The molecule has 3 aromatic rings. The zero-order valence-corrected chi connectivity index (χ0v) is 15.7. The maximum atomic E-state index is 12.8. The standard InChI is InChI=1S/C21H23N5O/c1-16-8-9-18(24(16)2)21(27)26-14-12-25(13-15-26)19-10-11-22-20(23-19)17-6-4-3-5-7-17/h3-11H,12-15H2,1-2H3. The average molecular weight is 361 g/mol. The lowest BCUT2D eigenvalue weighted by atomic mass is 10.2. The molecular formula is C21H23N5O. The number of piperazine rings is 1. The molecule has 0 radical (unpaired) electrons. The van der Waals surface area contributed by atoms with E-state index in [1.807, 2.05) is 72.0 Å². The van der Waals surface area contributed by atoms with Crippen LogP contribution in [-0.2, 0) is 7.05 Å². The van der Waals surface area contributed by atoms with Crippen molar-refractivity contribution < 1.29 is 4.79 Å². The van der Waals surface area contributed by atoms with Gasteiger partial charge in [-0.1, -0.05) is 30.3 Å². The number of carbonyl (C=O) groups is 1. The molecule has 2 aromatic heterocycles. The summed E-state index contributed by atoms with van der Waals surface area (Å²) in [5.74, 6) is 1.73. The van der Waals surface area contributed by atoms with Crippen LogP contribution < -0.4 is 4.90 Å². The van der Waals surface area contributed by atoms with Gasteiger partial charge < -0.3 is 14.4 Å². The minimum Gasteiger partial charge on any atom is -0.353 e. The first-order valence-corrected chi connectivity index (χ1v) is 9.18. The summed E-state index contributed by atoms with van der Waals surface area (Å²) in [6.07, 6.45) is 1.80. The number of benzene rings is 1. The summed E-state index contributed by atoms with van der Waals surface area (Å²) in [5.41, 5.74) is 2.84. The van der Waals surface area contributed by atoms with Crippen molar-refractivity contribution in [3.05, 3.63) is 66.1 Å². The van der Waals surface area contributed by atoms with Gasteiger partial charge in [0.05, 0.1) is 0 Å². The van der Waals surface area contributed by atoms with Gasteiger partial charge in [-0.25, -0.2) is 9.97 Å². The monoisotopic (exact) mass is 361 g/mol. The summed E-state index contributed by atoms with van der Waals surface area (Å²) in [5, 5.41) is 0. The van der Waals surface area contributed by atoms with E-state index in [0.717, 1.165) is 41.7 Å². The second kappa shape index (κ2) is 7.23. The number of nitrogens with zero attached hydrogens (tertiary/aromatic N) is 5. The lowest BCUT2D eigenvalue weighted by Crippen LogP contribution is -2.49.